The molecule has 18 heavy (non-hydrogen) atoms. The van der Waals surface area contributed by atoms with Gasteiger partial charge in [0.05, 0.1) is 6.04 Å². The van der Waals surface area contributed by atoms with Crippen LogP contribution in [0.25, 0.3) is 0 Å². The van der Waals surface area contributed by atoms with E-state index in [9.17, 15) is 0 Å². The molecule has 1 nitrogen and oxygen atoms in total. The van der Waals surface area contributed by atoms with Crippen molar-refractivity contribution in [2.75, 3.05) is 0 Å². The second kappa shape index (κ2) is 5.68. The summed E-state index contributed by atoms with van der Waals surface area (Å²) in [6.45, 7) is 4.39. The van der Waals surface area contributed by atoms with Crippen molar-refractivity contribution < 1.29 is 0 Å². The molecule has 0 spiro atoms. The van der Waals surface area contributed by atoms with Crippen molar-refractivity contribution >= 4 is 15.9 Å². The van der Waals surface area contributed by atoms with Gasteiger partial charge < -0.3 is 5.73 Å². The maximum Gasteiger partial charge on any atom is 0.0562 e. The van der Waals surface area contributed by atoms with Gasteiger partial charge in [-0.2, -0.15) is 0 Å². The minimum Gasteiger partial charge on any atom is -0.320 e. The van der Waals surface area contributed by atoms with Crippen molar-refractivity contribution in [1.29, 1.82) is 0 Å². The van der Waals surface area contributed by atoms with E-state index in [1.165, 1.54) is 5.56 Å². The third-order valence-electron chi connectivity index (χ3n) is 3.20. The van der Waals surface area contributed by atoms with E-state index < -0.39 is 0 Å². The molecular weight excluding hydrogens is 286 g/mol. The first-order valence-electron chi connectivity index (χ1n) is 6.19. The van der Waals surface area contributed by atoms with Gasteiger partial charge in [-0.05, 0) is 28.7 Å². The molecule has 0 saturated carbocycles. The highest BCUT2D eigenvalue weighted by atomic mass is 79.9. The SMILES string of the molecule is CC(C)c1ccc(C(N)c2ccccc2Br)cc1. The molecule has 0 radical (unpaired) electrons. The molecule has 0 fully saturated rings. The first kappa shape index (κ1) is 13.3. The number of halogens is 1. The molecule has 1 atom stereocenters. The van der Waals surface area contributed by atoms with Crippen LogP contribution in [-0.4, -0.2) is 0 Å². The molecular formula is C16H18BrN. The first-order chi connectivity index (χ1) is 8.59. The quantitative estimate of drug-likeness (QED) is 0.879. The van der Waals surface area contributed by atoms with E-state index in [4.69, 9.17) is 5.73 Å². The van der Waals surface area contributed by atoms with Gasteiger partial charge in [0.1, 0.15) is 0 Å². The van der Waals surface area contributed by atoms with Crippen molar-refractivity contribution in [3.63, 3.8) is 0 Å². The van der Waals surface area contributed by atoms with E-state index in [0.717, 1.165) is 15.6 Å². The van der Waals surface area contributed by atoms with Crippen LogP contribution in [0, 0.1) is 0 Å². The van der Waals surface area contributed by atoms with Gasteiger partial charge in [-0.1, -0.05) is 72.2 Å². The molecule has 94 valence electrons. The maximum atomic E-state index is 6.31. The van der Waals surface area contributed by atoms with Crippen molar-refractivity contribution in [2.24, 2.45) is 5.73 Å². The Morgan fingerprint density at radius 3 is 2.00 bits per heavy atom. The molecule has 0 heterocycles. The lowest BCUT2D eigenvalue weighted by atomic mass is 9.96. The number of rotatable bonds is 3. The Labute approximate surface area is 117 Å². The molecule has 0 amide bonds. The third-order valence-corrected chi connectivity index (χ3v) is 3.92. The van der Waals surface area contributed by atoms with Crippen LogP contribution in [0.1, 0.15) is 42.5 Å². The summed E-state index contributed by atoms with van der Waals surface area (Å²) in [6, 6.07) is 16.6. The molecule has 2 aromatic rings. The lowest BCUT2D eigenvalue weighted by molar-refractivity contribution is 0.845. The van der Waals surface area contributed by atoms with Gasteiger partial charge in [-0.3, -0.25) is 0 Å². The van der Waals surface area contributed by atoms with Crippen LogP contribution >= 0.6 is 15.9 Å². The minimum atomic E-state index is -0.0817. The molecule has 0 aromatic heterocycles. The summed E-state index contributed by atoms with van der Waals surface area (Å²) in [5, 5.41) is 0. The fourth-order valence-corrected chi connectivity index (χ4v) is 2.53. The van der Waals surface area contributed by atoms with Gasteiger partial charge in [0.2, 0.25) is 0 Å². The van der Waals surface area contributed by atoms with Gasteiger partial charge in [0.15, 0.2) is 0 Å². The fourth-order valence-electron chi connectivity index (χ4n) is 2.00. The zero-order valence-corrected chi connectivity index (χ0v) is 12.3. The van der Waals surface area contributed by atoms with Crippen LogP contribution in [0.15, 0.2) is 53.0 Å². The standard InChI is InChI=1S/C16H18BrN/c1-11(2)12-7-9-13(10-8-12)16(18)14-5-3-4-6-15(14)17/h3-11,16H,18H2,1-2H3. The molecule has 0 aliphatic carbocycles. The second-order valence-corrected chi connectivity index (χ2v) is 5.67. The van der Waals surface area contributed by atoms with Crippen LogP contribution in [0.4, 0.5) is 0 Å². The van der Waals surface area contributed by atoms with Crippen LogP contribution < -0.4 is 5.73 Å². The van der Waals surface area contributed by atoms with Gasteiger partial charge in [0.25, 0.3) is 0 Å². The zero-order chi connectivity index (χ0) is 13.1. The molecule has 0 aliphatic rings. The highest BCUT2D eigenvalue weighted by Gasteiger charge is 2.11. The summed E-state index contributed by atoms with van der Waals surface area (Å²) < 4.78 is 1.06. The first-order valence-corrected chi connectivity index (χ1v) is 6.98. The average Bonchev–Trinajstić information content (AvgIpc) is 2.38. The average molecular weight is 304 g/mol. The Balaban J connectivity index is 2.29. The van der Waals surface area contributed by atoms with Gasteiger partial charge in [-0.15, -0.1) is 0 Å². The Hall–Kier alpha value is -1.12. The van der Waals surface area contributed by atoms with E-state index >= 15 is 0 Å². The van der Waals surface area contributed by atoms with Crippen LogP contribution in [-0.2, 0) is 0 Å². The third kappa shape index (κ3) is 2.82. The van der Waals surface area contributed by atoms with Gasteiger partial charge in [0, 0.05) is 4.47 Å². The van der Waals surface area contributed by atoms with Crippen LogP contribution in [0.5, 0.6) is 0 Å². The summed E-state index contributed by atoms with van der Waals surface area (Å²) in [5.74, 6) is 0.554. The summed E-state index contributed by atoms with van der Waals surface area (Å²) in [6.07, 6.45) is 0. The normalized spacial score (nSPS) is 12.7. The molecule has 0 aliphatic heterocycles. The Kier molecular flexibility index (Phi) is 4.20. The monoisotopic (exact) mass is 303 g/mol. The molecule has 0 saturated heterocycles. The van der Waals surface area contributed by atoms with E-state index in [2.05, 4.69) is 60.1 Å². The highest BCUT2D eigenvalue weighted by molar-refractivity contribution is 9.10. The summed E-state index contributed by atoms with van der Waals surface area (Å²) in [5.41, 5.74) is 9.92. The minimum absolute atomic E-state index is 0.0817. The number of hydrogen-bond acceptors (Lipinski definition) is 1. The Morgan fingerprint density at radius 2 is 1.44 bits per heavy atom. The fraction of sp³-hybridized carbons (Fsp3) is 0.250. The number of benzene rings is 2. The van der Waals surface area contributed by atoms with E-state index in [0.29, 0.717) is 5.92 Å². The number of nitrogens with two attached hydrogens (primary N) is 1. The second-order valence-electron chi connectivity index (χ2n) is 4.82. The Morgan fingerprint density at radius 1 is 0.889 bits per heavy atom. The lowest BCUT2D eigenvalue weighted by Gasteiger charge is -2.15. The van der Waals surface area contributed by atoms with Crippen molar-refractivity contribution in [1.82, 2.24) is 0 Å². The highest BCUT2D eigenvalue weighted by Crippen LogP contribution is 2.27. The summed E-state index contributed by atoms with van der Waals surface area (Å²) >= 11 is 3.55. The van der Waals surface area contributed by atoms with Crippen molar-refractivity contribution in [3.05, 3.63) is 69.7 Å². The van der Waals surface area contributed by atoms with Crippen molar-refractivity contribution in [2.45, 2.75) is 25.8 Å². The van der Waals surface area contributed by atoms with Crippen molar-refractivity contribution in [3.8, 4) is 0 Å². The smallest absolute Gasteiger partial charge is 0.0562 e. The van der Waals surface area contributed by atoms with E-state index in [-0.39, 0.29) is 6.04 Å². The lowest BCUT2D eigenvalue weighted by Crippen LogP contribution is -2.12. The largest absolute Gasteiger partial charge is 0.320 e. The van der Waals surface area contributed by atoms with E-state index in [1.54, 1.807) is 0 Å². The van der Waals surface area contributed by atoms with E-state index in [1.807, 2.05) is 18.2 Å². The summed E-state index contributed by atoms with van der Waals surface area (Å²) in [4.78, 5) is 0. The van der Waals surface area contributed by atoms with Gasteiger partial charge >= 0.3 is 0 Å². The maximum absolute atomic E-state index is 6.31. The Bertz CT molecular complexity index is 517. The molecule has 0 bridgehead atoms. The molecule has 1 unspecified atom stereocenters. The topological polar surface area (TPSA) is 26.0 Å². The molecule has 2 rings (SSSR count). The zero-order valence-electron chi connectivity index (χ0n) is 10.7. The predicted octanol–water partition coefficient (Wildman–Crippen LogP) is 4.62. The van der Waals surface area contributed by atoms with Crippen LogP contribution in [0.2, 0.25) is 0 Å². The summed E-state index contributed by atoms with van der Waals surface area (Å²) in [7, 11) is 0. The predicted molar refractivity (Wildman–Crippen MR) is 80.7 cm³/mol. The molecule has 2 N–H and O–H groups in total. The van der Waals surface area contributed by atoms with Crippen LogP contribution in [0.3, 0.4) is 0 Å². The molecule has 2 aromatic carbocycles. The van der Waals surface area contributed by atoms with Gasteiger partial charge in [-0.25, -0.2) is 0 Å². The molecule has 2 heteroatoms. The number of hydrogen-bond donors (Lipinski definition) is 1.